The summed E-state index contributed by atoms with van der Waals surface area (Å²) in [4.78, 5) is 31.7. The maximum Gasteiger partial charge on any atom is 0.338 e. The van der Waals surface area contributed by atoms with E-state index in [2.05, 4.69) is 4.99 Å². The first-order chi connectivity index (χ1) is 15.6. The van der Waals surface area contributed by atoms with Crippen molar-refractivity contribution < 1.29 is 18.7 Å². The fraction of sp³-hybridized carbons (Fsp3) is 0.160. The normalized spacial score (nSPS) is 16.2. The number of rotatable bonds is 6. The van der Waals surface area contributed by atoms with Crippen LogP contribution in [0, 0.1) is 0 Å². The number of aliphatic imine (C=N–C) groups is 1. The molecular formula is C25H22N2O4S. The van der Waals surface area contributed by atoms with Crippen molar-refractivity contribution in [1.82, 2.24) is 4.90 Å². The van der Waals surface area contributed by atoms with Crippen molar-refractivity contribution in [2.75, 3.05) is 13.2 Å². The predicted octanol–water partition coefficient (Wildman–Crippen LogP) is 5.75. The van der Waals surface area contributed by atoms with Gasteiger partial charge in [0.15, 0.2) is 5.17 Å². The zero-order chi connectivity index (χ0) is 22.5. The van der Waals surface area contributed by atoms with Crippen LogP contribution in [0.2, 0.25) is 0 Å². The van der Waals surface area contributed by atoms with Crippen molar-refractivity contribution in [3.8, 4) is 11.3 Å². The number of para-hydroxylation sites is 1. The smallest absolute Gasteiger partial charge is 0.338 e. The van der Waals surface area contributed by atoms with E-state index in [9.17, 15) is 9.59 Å². The van der Waals surface area contributed by atoms with Gasteiger partial charge in [0.25, 0.3) is 5.91 Å². The molecule has 4 rings (SSSR count). The van der Waals surface area contributed by atoms with Gasteiger partial charge in [-0.15, -0.1) is 0 Å². The molecule has 0 unspecified atom stereocenters. The lowest BCUT2D eigenvalue weighted by atomic mass is 10.1. The van der Waals surface area contributed by atoms with Gasteiger partial charge in [-0.25, -0.2) is 9.79 Å². The van der Waals surface area contributed by atoms with Crippen LogP contribution < -0.4 is 0 Å². The van der Waals surface area contributed by atoms with Crippen molar-refractivity contribution in [3.63, 3.8) is 0 Å². The predicted molar refractivity (Wildman–Crippen MR) is 127 cm³/mol. The van der Waals surface area contributed by atoms with E-state index in [1.807, 2.05) is 49.4 Å². The Labute approximate surface area is 190 Å². The minimum atomic E-state index is -0.374. The van der Waals surface area contributed by atoms with E-state index in [0.717, 1.165) is 11.3 Å². The molecule has 6 nitrogen and oxygen atoms in total. The Bertz CT molecular complexity index is 1200. The number of likely N-dealkylation sites (N-methyl/N-ethyl adjacent to an activating group) is 1. The molecule has 0 bridgehead atoms. The third kappa shape index (κ3) is 4.68. The molecule has 2 heterocycles. The van der Waals surface area contributed by atoms with Gasteiger partial charge in [-0.05, 0) is 62.0 Å². The van der Waals surface area contributed by atoms with E-state index in [4.69, 9.17) is 9.15 Å². The second-order valence-corrected chi connectivity index (χ2v) is 7.90. The highest BCUT2D eigenvalue weighted by Crippen LogP contribution is 2.35. The first kappa shape index (κ1) is 21.6. The van der Waals surface area contributed by atoms with E-state index < -0.39 is 0 Å². The van der Waals surface area contributed by atoms with Crippen molar-refractivity contribution in [3.05, 3.63) is 83.0 Å². The van der Waals surface area contributed by atoms with Gasteiger partial charge in [0.1, 0.15) is 11.5 Å². The van der Waals surface area contributed by atoms with Gasteiger partial charge in [0, 0.05) is 18.2 Å². The number of amides is 1. The van der Waals surface area contributed by atoms with Gasteiger partial charge in [-0.2, -0.15) is 0 Å². The monoisotopic (exact) mass is 446 g/mol. The number of thioether (sulfide) groups is 1. The van der Waals surface area contributed by atoms with Gasteiger partial charge < -0.3 is 9.15 Å². The van der Waals surface area contributed by atoms with E-state index in [-0.39, 0.29) is 11.9 Å². The van der Waals surface area contributed by atoms with Crippen LogP contribution >= 0.6 is 11.8 Å². The number of benzene rings is 2. The summed E-state index contributed by atoms with van der Waals surface area (Å²) in [6.07, 6.45) is 1.72. The van der Waals surface area contributed by atoms with Gasteiger partial charge in [-0.1, -0.05) is 30.3 Å². The van der Waals surface area contributed by atoms with E-state index in [1.54, 1.807) is 42.2 Å². The molecule has 0 radical (unpaired) electrons. The highest BCUT2D eigenvalue weighted by atomic mass is 32.2. The molecule has 2 aromatic carbocycles. The molecule has 1 aliphatic heterocycles. The molecule has 0 aliphatic carbocycles. The van der Waals surface area contributed by atoms with Crippen LogP contribution in [-0.2, 0) is 9.53 Å². The molecule has 0 N–H and O–H groups in total. The Morgan fingerprint density at radius 3 is 2.66 bits per heavy atom. The Kier molecular flexibility index (Phi) is 6.56. The number of carbonyl (C=O) groups excluding carboxylic acids is 2. The van der Waals surface area contributed by atoms with Gasteiger partial charge in [0.05, 0.1) is 22.8 Å². The summed E-state index contributed by atoms with van der Waals surface area (Å²) in [7, 11) is 0. The topological polar surface area (TPSA) is 72.1 Å². The molecule has 1 saturated heterocycles. The molecule has 0 atom stereocenters. The largest absolute Gasteiger partial charge is 0.462 e. The molecule has 1 amide bonds. The lowest BCUT2D eigenvalue weighted by Crippen LogP contribution is -2.28. The maximum atomic E-state index is 12.9. The zero-order valence-corrected chi connectivity index (χ0v) is 18.6. The number of esters is 1. The Morgan fingerprint density at radius 2 is 1.91 bits per heavy atom. The van der Waals surface area contributed by atoms with E-state index in [1.165, 1.54) is 11.8 Å². The highest BCUT2D eigenvalue weighted by molar-refractivity contribution is 8.18. The fourth-order valence-corrected chi connectivity index (χ4v) is 4.25. The van der Waals surface area contributed by atoms with E-state index >= 15 is 0 Å². The summed E-state index contributed by atoms with van der Waals surface area (Å²) in [5.74, 6) is 0.675. The Morgan fingerprint density at radius 1 is 1.09 bits per heavy atom. The first-order valence-corrected chi connectivity index (χ1v) is 11.1. The molecule has 1 fully saturated rings. The lowest BCUT2D eigenvalue weighted by Gasteiger charge is -2.11. The number of ether oxygens (including phenoxy) is 1. The van der Waals surface area contributed by atoms with Crippen LogP contribution in [0.5, 0.6) is 0 Å². The lowest BCUT2D eigenvalue weighted by molar-refractivity contribution is -0.122. The van der Waals surface area contributed by atoms with Crippen LogP contribution in [0.1, 0.15) is 30.0 Å². The molecule has 32 heavy (non-hydrogen) atoms. The second-order valence-electron chi connectivity index (χ2n) is 6.89. The third-order valence-electron chi connectivity index (χ3n) is 4.74. The molecule has 3 aromatic rings. The van der Waals surface area contributed by atoms with Crippen LogP contribution in [0.25, 0.3) is 17.4 Å². The molecule has 162 valence electrons. The summed E-state index contributed by atoms with van der Waals surface area (Å²) < 4.78 is 11.0. The first-order valence-electron chi connectivity index (χ1n) is 10.3. The Balaban J connectivity index is 1.58. The molecular weight excluding hydrogens is 424 g/mol. The maximum absolute atomic E-state index is 12.9. The van der Waals surface area contributed by atoms with Crippen molar-refractivity contribution in [2.45, 2.75) is 13.8 Å². The zero-order valence-electron chi connectivity index (χ0n) is 17.8. The quantitative estimate of drug-likeness (QED) is 0.356. The second kappa shape index (κ2) is 9.70. The van der Waals surface area contributed by atoms with Gasteiger partial charge in [0.2, 0.25) is 0 Å². The number of hydrogen-bond acceptors (Lipinski definition) is 6. The summed E-state index contributed by atoms with van der Waals surface area (Å²) in [6.45, 7) is 4.53. The SMILES string of the molecule is CCOC(=O)c1cccc(-c2ccc(/C=C3/SC(=Nc4ccccc4)N(CC)C3=O)o2)c1. The summed E-state index contributed by atoms with van der Waals surface area (Å²) in [5.41, 5.74) is 2.01. The van der Waals surface area contributed by atoms with Crippen LogP contribution in [0.3, 0.4) is 0 Å². The summed E-state index contributed by atoms with van der Waals surface area (Å²) in [5, 5.41) is 0.642. The van der Waals surface area contributed by atoms with Crippen molar-refractivity contribution in [2.24, 2.45) is 4.99 Å². The number of furan rings is 1. The third-order valence-corrected chi connectivity index (χ3v) is 5.75. The molecule has 0 spiro atoms. The van der Waals surface area contributed by atoms with Gasteiger partial charge in [-0.3, -0.25) is 9.69 Å². The summed E-state index contributed by atoms with van der Waals surface area (Å²) >= 11 is 1.32. The van der Waals surface area contributed by atoms with E-state index in [0.29, 0.717) is 40.3 Å². The average molecular weight is 447 g/mol. The van der Waals surface area contributed by atoms with Crippen LogP contribution in [-0.4, -0.2) is 35.1 Å². The Hall–Kier alpha value is -3.58. The average Bonchev–Trinajstić information content (AvgIpc) is 3.39. The van der Waals surface area contributed by atoms with Gasteiger partial charge >= 0.3 is 5.97 Å². The summed E-state index contributed by atoms with van der Waals surface area (Å²) in [6, 6.07) is 20.2. The molecule has 0 saturated carbocycles. The number of amidine groups is 1. The molecule has 7 heteroatoms. The molecule has 1 aromatic heterocycles. The van der Waals surface area contributed by atoms with Crippen molar-refractivity contribution in [1.29, 1.82) is 0 Å². The fourth-order valence-electron chi connectivity index (χ4n) is 3.21. The molecule has 1 aliphatic rings. The minimum absolute atomic E-state index is 0.102. The van der Waals surface area contributed by atoms with Crippen LogP contribution in [0.4, 0.5) is 5.69 Å². The number of carbonyl (C=O) groups is 2. The standard InChI is InChI=1S/C25H22N2O4S/c1-3-27-23(28)22(32-25(27)26-19-11-6-5-7-12-19)16-20-13-14-21(31-20)17-9-8-10-18(15-17)24(29)30-4-2/h5-16H,3-4H2,1-2H3/b22-16+,26-25?. The number of nitrogens with zero attached hydrogens (tertiary/aromatic N) is 2. The van der Waals surface area contributed by atoms with Crippen molar-refractivity contribution >= 4 is 40.6 Å². The minimum Gasteiger partial charge on any atom is -0.462 e. The number of hydrogen-bond donors (Lipinski definition) is 0. The van der Waals surface area contributed by atoms with Crippen LogP contribution in [0.15, 0.2) is 81.0 Å². The highest BCUT2D eigenvalue weighted by Gasteiger charge is 2.32.